The lowest BCUT2D eigenvalue weighted by Gasteiger charge is -2.08. The van der Waals surface area contributed by atoms with Gasteiger partial charge in [0, 0.05) is 4.88 Å². The van der Waals surface area contributed by atoms with E-state index in [-0.39, 0.29) is 6.61 Å². The molecule has 0 fully saturated rings. The van der Waals surface area contributed by atoms with E-state index in [1.807, 2.05) is 0 Å². The maximum Gasteiger partial charge on any atom is 0.341 e. The molecule has 7 nitrogen and oxygen atoms in total. The van der Waals surface area contributed by atoms with Crippen LogP contribution in [-0.4, -0.2) is 30.1 Å². The number of aryl methyl sites for hydroxylation is 1. The van der Waals surface area contributed by atoms with E-state index in [9.17, 15) is 14.4 Å². The molecule has 0 bridgehead atoms. The fourth-order valence-electron chi connectivity index (χ4n) is 3.16. The number of nitrogens with zero attached hydrogens (tertiary/aromatic N) is 1. The molecule has 1 aliphatic rings. The molecule has 2 aromatic rings. The van der Waals surface area contributed by atoms with Crippen LogP contribution >= 0.6 is 34.3 Å². The van der Waals surface area contributed by atoms with Crippen molar-refractivity contribution in [2.45, 2.75) is 46.0 Å². The zero-order valence-electron chi connectivity index (χ0n) is 16.7. The van der Waals surface area contributed by atoms with Crippen molar-refractivity contribution in [1.29, 1.82) is 0 Å². The highest BCUT2D eigenvalue weighted by Gasteiger charge is 2.27. The summed E-state index contributed by atoms with van der Waals surface area (Å²) in [7, 11) is 0. The number of fused-ring (bicyclic) bond motifs is 1. The fraction of sp³-hybridized carbons (Fsp3) is 0.400. The van der Waals surface area contributed by atoms with Crippen molar-refractivity contribution in [3.8, 4) is 0 Å². The number of amides is 2. The third-order valence-electron chi connectivity index (χ3n) is 4.59. The molecule has 0 radical (unpaired) electrons. The zero-order valence-corrected chi connectivity index (χ0v) is 19.1. The van der Waals surface area contributed by atoms with Gasteiger partial charge in [-0.3, -0.25) is 9.59 Å². The van der Waals surface area contributed by atoms with E-state index < -0.39 is 17.8 Å². The second kappa shape index (κ2) is 10.2. The number of hydrogen-bond donors (Lipinski definition) is 2. The first kappa shape index (κ1) is 22.5. The predicted molar refractivity (Wildman–Crippen MR) is 120 cm³/mol. The first-order valence-electron chi connectivity index (χ1n) is 9.63. The zero-order chi connectivity index (χ0) is 21.7. The number of hydrogen-bond acceptors (Lipinski definition) is 7. The van der Waals surface area contributed by atoms with Crippen LogP contribution in [0.15, 0.2) is 17.2 Å². The van der Waals surface area contributed by atoms with E-state index in [1.54, 1.807) is 26.0 Å². The Morgan fingerprint density at radius 3 is 2.60 bits per heavy atom. The first-order valence-corrected chi connectivity index (χ1v) is 11.6. The Hall–Kier alpha value is -2.23. The highest BCUT2D eigenvalue weighted by atomic mass is 35.5. The SMILES string of the molecule is CCOC(=O)c1c(NC(=O)C(=O)N/N=C(\C)c2ccc(Cl)s2)sc2c1CCCCC2. The van der Waals surface area contributed by atoms with Gasteiger partial charge in [0.2, 0.25) is 0 Å². The van der Waals surface area contributed by atoms with Crippen molar-refractivity contribution in [2.75, 3.05) is 11.9 Å². The molecule has 0 unspecified atom stereocenters. The number of halogens is 1. The van der Waals surface area contributed by atoms with Crippen molar-refractivity contribution in [3.63, 3.8) is 0 Å². The molecular weight excluding hydrogens is 446 g/mol. The van der Waals surface area contributed by atoms with Gasteiger partial charge in [-0.15, -0.1) is 22.7 Å². The minimum atomic E-state index is -0.921. The number of esters is 1. The molecule has 0 atom stereocenters. The summed E-state index contributed by atoms with van der Waals surface area (Å²) in [5.41, 5.74) is 4.07. The number of thiophene rings is 2. The summed E-state index contributed by atoms with van der Waals surface area (Å²) in [5, 5.41) is 6.88. The summed E-state index contributed by atoms with van der Waals surface area (Å²) in [5.74, 6) is -2.29. The van der Waals surface area contributed by atoms with E-state index in [1.165, 1.54) is 22.7 Å². The van der Waals surface area contributed by atoms with Crippen LogP contribution in [0.1, 0.15) is 58.8 Å². The van der Waals surface area contributed by atoms with Gasteiger partial charge in [-0.2, -0.15) is 5.10 Å². The lowest BCUT2D eigenvalue weighted by atomic mass is 10.1. The number of nitrogens with one attached hydrogen (secondary N) is 2. The molecule has 0 saturated heterocycles. The number of carbonyl (C=O) groups is 3. The highest BCUT2D eigenvalue weighted by Crippen LogP contribution is 2.38. The van der Waals surface area contributed by atoms with Gasteiger partial charge in [-0.05, 0) is 57.2 Å². The molecule has 1 aliphatic carbocycles. The highest BCUT2D eigenvalue weighted by molar-refractivity contribution is 7.18. The molecule has 2 amide bonds. The van der Waals surface area contributed by atoms with Gasteiger partial charge in [-0.1, -0.05) is 18.0 Å². The number of carbonyl (C=O) groups excluding carboxylic acids is 3. The van der Waals surface area contributed by atoms with Crippen molar-refractivity contribution in [2.24, 2.45) is 5.10 Å². The maximum atomic E-state index is 12.5. The van der Waals surface area contributed by atoms with Gasteiger partial charge < -0.3 is 10.1 Å². The summed E-state index contributed by atoms with van der Waals surface area (Å²) < 4.78 is 5.79. The fourth-order valence-corrected chi connectivity index (χ4v) is 5.42. The Balaban J connectivity index is 1.75. The van der Waals surface area contributed by atoms with E-state index >= 15 is 0 Å². The lowest BCUT2D eigenvalue weighted by molar-refractivity contribution is -0.136. The predicted octanol–water partition coefficient (Wildman–Crippen LogP) is 4.39. The van der Waals surface area contributed by atoms with Gasteiger partial charge >= 0.3 is 17.8 Å². The van der Waals surface area contributed by atoms with Crippen LogP contribution in [0.5, 0.6) is 0 Å². The van der Waals surface area contributed by atoms with Crippen molar-refractivity contribution in [3.05, 3.63) is 37.4 Å². The number of rotatable bonds is 5. The molecule has 0 aromatic carbocycles. The molecule has 0 saturated carbocycles. The van der Waals surface area contributed by atoms with Crippen LogP contribution in [-0.2, 0) is 27.2 Å². The normalized spacial score (nSPS) is 13.9. The van der Waals surface area contributed by atoms with Gasteiger partial charge in [0.05, 0.1) is 27.1 Å². The van der Waals surface area contributed by atoms with E-state index in [0.717, 1.165) is 47.4 Å². The van der Waals surface area contributed by atoms with Gasteiger partial charge in [0.25, 0.3) is 0 Å². The maximum absolute atomic E-state index is 12.5. The molecule has 10 heteroatoms. The minimum Gasteiger partial charge on any atom is -0.462 e. The monoisotopic (exact) mass is 467 g/mol. The smallest absolute Gasteiger partial charge is 0.341 e. The molecule has 3 rings (SSSR count). The first-order chi connectivity index (χ1) is 14.4. The molecule has 30 heavy (non-hydrogen) atoms. The largest absolute Gasteiger partial charge is 0.462 e. The Morgan fingerprint density at radius 2 is 1.90 bits per heavy atom. The Labute approximate surface area is 187 Å². The second-order valence-electron chi connectivity index (χ2n) is 6.69. The van der Waals surface area contributed by atoms with Gasteiger partial charge in [0.15, 0.2) is 0 Å². The van der Waals surface area contributed by atoms with Crippen LogP contribution < -0.4 is 10.7 Å². The third kappa shape index (κ3) is 5.27. The molecular formula is C20H22ClN3O4S2. The average Bonchev–Trinajstić information content (AvgIpc) is 3.22. The Morgan fingerprint density at radius 1 is 1.13 bits per heavy atom. The van der Waals surface area contributed by atoms with Gasteiger partial charge in [0.1, 0.15) is 5.00 Å². The summed E-state index contributed by atoms with van der Waals surface area (Å²) in [6.07, 6.45) is 4.71. The molecule has 2 heterocycles. The van der Waals surface area contributed by atoms with Crippen molar-refractivity contribution in [1.82, 2.24) is 5.43 Å². The van der Waals surface area contributed by atoms with Crippen LogP contribution in [0.4, 0.5) is 5.00 Å². The summed E-state index contributed by atoms with van der Waals surface area (Å²) in [4.78, 5) is 39.0. The van der Waals surface area contributed by atoms with Crippen molar-refractivity contribution >= 4 is 62.8 Å². The van der Waals surface area contributed by atoms with Gasteiger partial charge in [-0.25, -0.2) is 10.2 Å². The van der Waals surface area contributed by atoms with Crippen molar-refractivity contribution < 1.29 is 19.1 Å². The molecule has 0 spiro atoms. The second-order valence-corrected chi connectivity index (χ2v) is 9.51. The summed E-state index contributed by atoms with van der Waals surface area (Å²) in [6, 6.07) is 3.51. The van der Waals surface area contributed by atoms with Crippen LogP contribution in [0.3, 0.4) is 0 Å². The standard InChI is InChI=1S/C20H22ClN3O4S2/c1-3-28-20(27)16-12-7-5-4-6-8-14(12)30-19(16)22-17(25)18(26)24-23-11(2)13-9-10-15(21)29-13/h9-10H,3-8H2,1-2H3,(H,22,25)(H,24,26)/b23-11+. The summed E-state index contributed by atoms with van der Waals surface area (Å²) in [6.45, 7) is 3.67. The molecule has 2 aromatic heterocycles. The lowest BCUT2D eigenvalue weighted by Crippen LogP contribution is -2.33. The number of anilines is 1. The van der Waals surface area contributed by atoms with E-state index in [4.69, 9.17) is 16.3 Å². The number of ether oxygens (including phenoxy) is 1. The Bertz CT molecular complexity index is 996. The topological polar surface area (TPSA) is 96.9 Å². The molecule has 0 aliphatic heterocycles. The van der Waals surface area contributed by atoms with E-state index in [2.05, 4.69) is 15.8 Å². The van der Waals surface area contributed by atoms with E-state index in [0.29, 0.717) is 20.6 Å². The van der Waals surface area contributed by atoms with Crippen LogP contribution in [0.25, 0.3) is 0 Å². The minimum absolute atomic E-state index is 0.234. The average molecular weight is 468 g/mol. The molecule has 2 N–H and O–H groups in total. The van der Waals surface area contributed by atoms with Crippen LogP contribution in [0.2, 0.25) is 4.34 Å². The third-order valence-corrected chi connectivity index (χ3v) is 7.14. The quantitative estimate of drug-likeness (QED) is 0.224. The summed E-state index contributed by atoms with van der Waals surface area (Å²) >= 11 is 8.56. The number of hydrazone groups is 1. The van der Waals surface area contributed by atoms with Crippen LogP contribution in [0, 0.1) is 0 Å². The Kier molecular flexibility index (Phi) is 7.63. The molecule has 160 valence electrons.